The van der Waals surface area contributed by atoms with Crippen molar-refractivity contribution >= 4 is 23.2 Å². The molecule has 0 radical (unpaired) electrons. The summed E-state index contributed by atoms with van der Waals surface area (Å²) >= 11 is 0. The summed E-state index contributed by atoms with van der Waals surface area (Å²) in [6, 6.07) is 10.3. The Morgan fingerprint density at radius 2 is 1.71 bits per heavy atom. The number of amides is 2. The molecule has 0 aliphatic heterocycles. The summed E-state index contributed by atoms with van der Waals surface area (Å²) < 4.78 is 0. The highest BCUT2D eigenvalue weighted by Gasteiger charge is 2.11. The van der Waals surface area contributed by atoms with Crippen LogP contribution in [0.25, 0.3) is 0 Å². The number of anilines is 2. The van der Waals surface area contributed by atoms with E-state index in [1.54, 1.807) is 49.5 Å². The van der Waals surface area contributed by atoms with Gasteiger partial charge in [-0.15, -0.1) is 0 Å². The molecule has 2 aromatic rings. The quantitative estimate of drug-likeness (QED) is 0.846. The van der Waals surface area contributed by atoms with E-state index in [9.17, 15) is 9.59 Å². The predicted molar refractivity (Wildman–Crippen MR) is 82.1 cm³/mol. The van der Waals surface area contributed by atoms with Gasteiger partial charge in [-0.25, -0.2) is 0 Å². The van der Waals surface area contributed by atoms with Crippen LogP contribution in [0, 0.1) is 0 Å². The fourth-order valence-electron chi connectivity index (χ4n) is 1.62. The molecule has 1 aromatic heterocycles. The molecule has 0 unspecified atom stereocenters. The molecule has 106 valence electrons. The van der Waals surface area contributed by atoms with Gasteiger partial charge in [-0.2, -0.15) is 0 Å². The highest BCUT2D eigenvalue weighted by molar-refractivity contribution is 6.09. The minimum absolute atomic E-state index is 0.292. The smallest absolute Gasteiger partial charge is 0.257 e. The van der Waals surface area contributed by atoms with Crippen molar-refractivity contribution in [3.8, 4) is 0 Å². The van der Waals surface area contributed by atoms with E-state index in [0.29, 0.717) is 22.5 Å². The molecule has 5 heteroatoms. The maximum Gasteiger partial charge on any atom is 0.257 e. The van der Waals surface area contributed by atoms with E-state index in [0.717, 1.165) is 0 Å². The second kappa shape index (κ2) is 6.47. The first-order chi connectivity index (χ1) is 10.1. The van der Waals surface area contributed by atoms with Crippen molar-refractivity contribution in [2.75, 3.05) is 10.6 Å². The maximum atomic E-state index is 12.1. The van der Waals surface area contributed by atoms with E-state index in [4.69, 9.17) is 0 Å². The lowest BCUT2D eigenvalue weighted by Gasteiger charge is -2.12. The third-order valence-electron chi connectivity index (χ3n) is 2.73. The average molecular weight is 281 g/mol. The Morgan fingerprint density at radius 1 is 1.05 bits per heavy atom. The molecule has 1 aromatic carbocycles. The van der Waals surface area contributed by atoms with Crippen LogP contribution in [-0.2, 0) is 4.79 Å². The molecule has 1 heterocycles. The van der Waals surface area contributed by atoms with Crippen molar-refractivity contribution in [3.63, 3.8) is 0 Å². The van der Waals surface area contributed by atoms with Crippen LogP contribution in [0.4, 0.5) is 11.4 Å². The summed E-state index contributed by atoms with van der Waals surface area (Å²) in [6.45, 7) is 5.20. The maximum absolute atomic E-state index is 12.1. The highest BCUT2D eigenvalue weighted by atomic mass is 16.2. The van der Waals surface area contributed by atoms with Crippen molar-refractivity contribution in [1.29, 1.82) is 0 Å². The predicted octanol–water partition coefficient (Wildman–Crippen LogP) is 2.85. The SMILES string of the molecule is C=C(C)C(=O)Nc1ccccc1NC(=O)c1cccnc1. The number of carbonyl (C=O) groups excluding carboxylic acids is 2. The molecule has 0 aliphatic rings. The number of nitrogens with one attached hydrogen (secondary N) is 2. The lowest BCUT2D eigenvalue weighted by Crippen LogP contribution is -2.16. The van der Waals surface area contributed by atoms with E-state index in [1.165, 1.54) is 6.20 Å². The monoisotopic (exact) mass is 281 g/mol. The zero-order chi connectivity index (χ0) is 15.2. The van der Waals surface area contributed by atoms with Gasteiger partial charge in [-0.1, -0.05) is 18.7 Å². The van der Waals surface area contributed by atoms with Gasteiger partial charge in [0.1, 0.15) is 0 Å². The molecular formula is C16H15N3O2. The number of carbonyl (C=O) groups is 2. The Hall–Kier alpha value is -2.95. The lowest BCUT2D eigenvalue weighted by molar-refractivity contribution is -0.112. The van der Waals surface area contributed by atoms with Crippen molar-refractivity contribution < 1.29 is 9.59 Å². The van der Waals surface area contributed by atoms with Crippen LogP contribution in [0.5, 0.6) is 0 Å². The normalized spacial score (nSPS) is 9.76. The van der Waals surface area contributed by atoms with Gasteiger partial charge in [0.25, 0.3) is 11.8 Å². The Balaban J connectivity index is 2.19. The van der Waals surface area contributed by atoms with Crippen LogP contribution < -0.4 is 10.6 Å². The molecular weight excluding hydrogens is 266 g/mol. The van der Waals surface area contributed by atoms with Crippen LogP contribution in [0.1, 0.15) is 17.3 Å². The van der Waals surface area contributed by atoms with Crippen molar-refractivity contribution in [1.82, 2.24) is 4.98 Å². The Morgan fingerprint density at radius 3 is 2.29 bits per heavy atom. The van der Waals surface area contributed by atoms with Crippen molar-refractivity contribution in [2.24, 2.45) is 0 Å². The van der Waals surface area contributed by atoms with E-state index in [2.05, 4.69) is 22.2 Å². The van der Waals surface area contributed by atoms with Gasteiger partial charge < -0.3 is 10.6 Å². The first-order valence-corrected chi connectivity index (χ1v) is 6.35. The van der Waals surface area contributed by atoms with Crippen LogP contribution in [0.2, 0.25) is 0 Å². The minimum Gasteiger partial charge on any atom is -0.320 e. The first-order valence-electron chi connectivity index (χ1n) is 6.35. The molecule has 0 saturated heterocycles. The highest BCUT2D eigenvalue weighted by Crippen LogP contribution is 2.22. The Kier molecular flexibility index (Phi) is 4.46. The minimum atomic E-state index is -0.293. The van der Waals surface area contributed by atoms with Gasteiger partial charge in [0.05, 0.1) is 16.9 Å². The molecule has 0 saturated carbocycles. The summed E-state index contributed by atoms with van der Waals surface area (Å²) in [7, 11) is 0. The van der Waals surface area contributed by atoms with Gasteiger partial charge in [-0.3, -0.25) is 14.6 Å². The molecule has 2 amide bonds. The summed E-state index contributed by atoms with van der Waals surface area (Å²) in [5.41, 5.74) is 1.87. The van der Waals surface area contributed by atoms with Crippen LogP contribution in [0.3, 0.4) is 0 Å². The summed E-state index contributed by atoms with van der Waals surface area (Å²) in [5.74, 6) is -0.585. The second-order valence-electron chi connectivity index (χ2n) is 4.48. The zero-order valence-electron chi connectivity index (χ0n) is 11.6. The third-order valence-corrected chi connectivity index (χ3v) is 2.73. The van der Waals surface area contributed by atoms with Gasteiger partial charge in [-0.05, 0) is 31.2 Å². The molecule has 0 atom stereocenters. The van der Waals surface area contributed by atoms with Crippen LogP contribution in [-0.4, -0.2) is 16.8 Å². The van der Waals surface area contributed by atoms with Crippen molar-refractivity contribution in [3.05, 3.63) is 66.5 Å². The fourth-order valence-corrected chi connectivity index (χ4v) is 1.62. The van der Waals surface area contributed by atoms with Crippen LogP contribution >= 0.6 is 0 Å². The molecule has 0 bridgehead atoms. The largest absolute Gasteiger partial charge is 0.320 e. The van der Waals surface area contributed by atoms with E-state index in [1.807, 2.05) is 0 Å². The Labute approximate surface area is 122 Å². The fraction of sp³-hybridized carbons (Fsp3) is 0.0625. The summed E-state index contributed by atoms with van der Waals surface area (Å²) in [4.78, 5) is 27.7. The van der Waals surface area contributed by atoms with Crippen LogP contribution in [0.15, 0.2) is 60.9 Å². The number of benzene rings is 1. The van der Waals surface area contributed by atoms with Gasteiger partial charge in [0.15, 0.2) is 0 Å². The molecule has 0 spiro atoms. The lowest BCUT2D eigenvalue weighted by atomic mass is 10.2. The van der Waals surface area contributed by atoms with Gasteiger partial charge in [0, 0.05) is 18.0 Å². The van der Waals surface area contributed by atoms with Gasteiger partial charge in [0.2, 0.25) is 0 Å². The number of aromatic nitrogens is 1. The third kappa shape index (κ3) is 3.76. The van der Waals surface area contributed by atoms with Crippen molar-refractivity contribution in [2.45, 2.75) is 6.92 Å². The topological polar surface area (TPSA) is 71.1 Å². The molecule has 21 heavy (non-hydrogen) atoms. The number of para-hydroxylation sites is 2. The second-order valence-corrected chi connectivity index (χ2v) is 4.48. The summed E-state index contributed by atoms with van der Waals surface area (Å²) in [6.07, 6.45) is 3.07. The molecule has 2 N–H and O–H groups in total. The van der Waals surface area contributed by atoms with Gasteiger partial charge >= 0.3 is 0 Å². The molecule has 0 fully saturated rings. The van der Waals surface area contributed by atoms with E-state index < -0.39 is 0 Å². The number of hydrogen-bond acceptors (Lipinski definition) is 3. The molecule has 5 nitrogen and oxygen atoms in total. The average Bonchev–Trinajstić information content (AvgIpc) is 2.50. The number of rotatable bonds is 4. The number of hydrogen-bond donors (Lipinski definition) is 2. The standard InChI is InChI=1S/C16H15N3O2/c1-11(2)15(20)18-13-7-3-4-8-14(13)19-16(21)12-6-5-9-17-10-12/h3-10H,1H2,2H3,(H,18,20)(H,19,21). The molecule has 0 aliphatic carbocycles. The zero-order valence-corrected chi connectivity index (χ0v) is 11.6. The number of pyridine rings is 1. The van der Waals surface area contributed by atoms with E-state index in [-0.39, 0.29) is 11.8 Å². The Bertz CT molecular complexity index is 681. The first kappa shape index (κ1) is 14.5. The van der Waals surface area contributed by atoms with E-state index >= 15 is 0 Å². The molecule has 2 rings (SSSR count). The number of nitrogens with zero attached hydrogens (tertiary/aromatic N) is 1. The summed E-state index contributed by atoms with van der Waals surface area (Å²) in [5, 5.41) is 5.45.